The van der Waals surface area contributed by atoms with Crippen molar-refractivity contribution in [2.45, 2.75) is 18.9 Å². The van der Waals surface area contributed by atoms with Crippen LogP contribution in [0.4, 0.5) is 10.5 Å². The average Bonchev–Trinajstić information content (AvgIpc) is 3.12. The Balaban J connectivity index is 1.42. The molecule has 8 heteroatoms. The van der Waals surface area contributed by atoms with Crippen LogP contribution in [0.1, 0.15) is 23.2 Å². The molecule has 0 unspecified atom stereocenters. The first-order valence-corrected chi connectivity index (χ1v) is 10.2. The number of carbonyl (C=O) groups is 3. The Hall–Kier alpha value is -3.55. The first-order chi connectivity index (χ1) is 15.0. The maximum Gasteiger partial charge on any atom is 0.332 e. The Morgan fingerprint density at radius 3 is 2.13 bits per heavy atom. The summed E-state index contributed by atoms with van der Waals surface area (Å²) in [5, 5.41) is 0. The van der Waals surface area contributed by atoms with Crippen molar-refractivity contribution in [3.63, 3.8) is 0 Å². The lowest BCUT2D eigenvalue weighted by Crippen LogP contribution is -2.48. The molecule has 162 valence electrons. The number of ether oxygens (including phenoxy) is 2. The molecule has 2 saturated heterocycles. The number of para-hydroxylation sites is 1. The summed E-state index contributed by atoms with van der Waals surface area (Å²) in [6, 6.07) is 13.7. The molecular formula is C23H25N3O5. The molecule has 0 radical (unpaired) electrons. The van der Waals surface area contributed by atoms with Crippen LogP contribution in [0.25, 0.3) is 0 Å². The van der Waals surface area contributed by atoms with Crippen LogP contribution in [0.15, 0.2) is 48.5 Å². The van der Waals surface area contributed by atoms with Crippen molar-refractivity contribution in [2.75, 3.05) is 38.8 Å². The SMILES string of the molecule is COc1cc(OC)cc(C(=O)N2CCC(N3CC(=O)N(c4ccccc4)C3=O)CC2)c1. The van der Waals surface area contributed by atoms with Gasteiger partial charge in [0.1, 0.15) is 18.0 Å². The van der Waals surface area contributed by atoms with Crippen molar-refractivity contribution in [2.24, 2.45) is 0 Å². The second kappa shape index (κ2) is 8.67. The van der Waals surface area contributed by atoms with Gasteiger partial charge in [-0.3, -0.25) is 9.59 Å². The molecule has 2 aliphatic heterocycles. The highest BCUT2D eigenvalue weighted by Crippen LogP contribution is 2.28. The number of hydrogen-bond acceptors (Lipinski definition) is 5. The number of likely N-dealkylation sites (tertiary alicyclic amines) is 1. The maximum absolute atomic E-state index is 13.0. The Morgan fingerprint density at radius 2 is 1.55 bits per heavy atom. The smallest absolute Gasteiger partial charge is 0.332 e. The lowest BCUT2D eigenvalue weighted by molar-refractivity contribution is -0.116. The molecule has 8 nitrogen and oxygen atoms in total. The normalized spacial score (nSPS) is 17.3. The molecule has 0 N–H and O–H groups in total. The number of rotatable bonds is 5. The molecule has 2 heterocycles. The topological polar surface area (TPSA) is 79.4 Å². The highest BCUT2D eigenvalue weighted by molar-refractivity contribution is 6.19. The Labute approximate surface area is 180 Å². The molecule has 2 fully saturated rings. The third-order valence-corrected chi connectivity index (χ3v) is 5.80. The fourth-order valence-electron chi connectivity index (χ4n) is 4.13. The van der Waals surface area contributed by atoms with E-state index in [-0.39, 0.29) is 30.4 Å². The zero-order chi connectivity index (χ0) is 22.0. The lowest BCUT2D eigenvalue weighted by atomic mass is 10.0. The third kappa shape index (κ3) is 4.05. The molecule has 2 aliphatic rings. The fourth-order valence-corrected chi connectivity index (χ4v) is 4.13. The molecule has 2 aromatic carbocycles. The molecule has 0 bridgehead atoms. The molecule has 31 heavy (non-hydrogen) atoms. The fraction of sp³-hybridized carbons (Fsp3) is 0.348. The molecule has 0 atom stereocenters. The van der Waals surface area contributed by atoms with Gasteiger partial charge in [-0.2, -0.15) is 0 Å². The Bertz CT molecular complexity index is 964. The Morgan fingerprint density at radius 1 is 0.935 bits per heavy atom. The number of carbonyl (C=O) groups excluding carboxylic acids is 3. The maximum atomic E-state index is 13.0. The first-order valence-electron chi connectivity index (χ1n) is 10.2. The second-order valence-electron chi connectivity index (χ2n) is 7.60. The minimum atomic E-state index is -0.293. The van der Waals surface area contributed by atoms with Gasteiger partial charge < -0.3 is 19.3 Å². The summed E-state index contributed by atoms with van der Waals surface area (Å²) in [6.45, 7) is 1.08. The molecule has 0 saturated carbocycles. The van der Waals surface area contributed by atoms with Gasteiger partial charge in [0.2, 0.25) is 0 Å². The van der Waals surface area contributed by atoms with Gasteiger partial charge in [0.25, 0.3) is 11.8 Å². The van der Waals surface area contributed by atoms with Crippen molar-refractivity contribution < 1.29 is 23.9 Å². The number of piperidine rings is 1. The van der Waals surface area contributed by atoms with Gasteiger partial charge in [0, 0.05) is 30.8 Å². The van der Waals surface area contributed by atoms with Crippen molar-refractivity contribution in [3.8, 4) is 11.5 Å². The van der Waals surface area contributed by atoms with E-state index in [1.807, 2.05) is 6.07 Å². The van der Waals surface area contributed by atoms with E-state index in [9.17, 15) is 14.4 Å². The summed E-state index contributed by atoms with van der Waals surface area (Å²) in [4.78, 5) is 43.0. The van der Waals surface area contributed by atoms with E-state index in [1.165, 1.54) is 4.90 Å². The number of imide groups is 1. The van der Waals surface area contributed by atoms with E-state index < -0.39 is 0 Å². The van der Waals surface area contributed by atoms with Gasteiger partial charge in [-0.25, -0.2) is 9.69 Å². The summed E-state index contributed by atoms with van der Waals surface area (Å²) < 4.78 is 10.5. The molecule has 0 aromatic heterocycles. The van der Waals surface area contributed by atoms with Crippen LogP contribution in [0.5, 0.6) is 11.5 Å². The number of urea groups is 1. The number of benzene rings is 2. The minimum Gasteiger partial charge on any atom is -0.497 e. The molecule has 2 aromatic rings. The van der Waals surface area contributed by atoms with Crippen LogP contribution < -0.4 is 14.4 Å². The third-order valence-electron chi connectivity index (χ3n) is 5.80. The van der Waals surface area contributed by atoms with Crippen LogP contribution >= 0.6 is 0 Å². The van der Waals surface area contributed by atoms with Crippen LogP contribution in [-0.2, 0) is 4.79 Å². The molecule has 4 rings (SSSR count). The Kier molecular flexibility index (Phi) is 5.79. The van der Waals surface area contributed by atoms with E-state index in [0.717, 1.165) is 0 Å². The summed E-state index contributed by atoms with van der Waals surface area (Å²) in [7, 11) is 3.09. The van der Waals surface area contributed by atoms with Gasteiger partial charge in [-0.05, 0) is 37.1 Å². The lowest BCUT2D eigenvalue weighted by Gasteiger charge is -2.36. The monoisotopic (exact) mass is 423 g/mol. The van der Waals surface area contributed by atoms with Gasteiger partial charge in [-0.15, -0.1) is 0 Å². The van der Waals surface area contributed by atoms with Crippen LogP contribution in [0, 0.1) is 0 Å². The van der Waals surface area contributed by atoms with Crippen LogP contribution in [0.2, 0.25) is 0 Å². The summed E-state index contributed by atoms with van der Waals surface area (Å²) >= 11 is 0. The summed E-state index contributed by atoms with van der Waals surface area (Å²) in [5.74, 6) is 0.781. The zero-order valence-electron chi connectivity index (χ0n) is 17.6. The van der Waals surface area contributed by atoms with E-state index >= 15 is 0 Å². The van der Waals surface area contributed by atoms with Gasteiger partial charge >= 0.3 is 6.03 Å². The van der Waals surface area contributed by atoms with Crippen molar-refractivity contribution in [1.82, 2.24) is 9.80 Å². The molecular weight excluding hydrogens is 398 g/mol. The van der Waals surface area contributed by atoms with E-state index in [2.05, 4.69) is 0 Å². The summed E-state index contributed by atoms with van der Waals surface area (Å²) in [6.07, 6.45) is 1.24. The predicted octanol–water partition coefficient (Wildman–Crippen LogP) is 2.78. The minimum absolute atomic E-state index is 0.0689. The highest BCUT2D eigenvalue weighted by Gasteiger charge is 2.41. The second-order valence-corrected chi connectivity index (χ2v) is 7.60. The van der Waals surface area contributed by atoms with Gasteiger partial charge in [-0.1, -0.05) is 18.2 Å². The zero-order valence-corrected chi connectivity index (χ0v) is 17.6. The van der Waals surface area contributed by atoms with Crippen molar-refractivity contribution in [1.29, 1.82) is 0 Å². The average molecular weight is 423 g/mol. The first kappa shape index (κ1) is 20.7. The number of hydrogen-bond donors (Lipinski definition) is 0. The van der Waals surface area contributed by atoms with Crippen LogP contribution in [-0.4, -0.2) is 67.5 Å². The van der Waals surface area contributed by atoms with Crippen LogP contribution in [0.3, 0.4) is 0 Å². The number of methoxy groups -OCH3 is 2. The molecule has 0 spiro atoms. The standard InChI is InChI=1S/C23H25N3O5/c1-30-19-12-16(13-20(14-19)31-2)22(28)24-10-8-17(9-11-24)25-15-21(27)26(23(25)29)18-6-4-3-5-7-18/h3-7,12-14,17H,8-11,15H2,1-2H3. The van der Waals surface area contributed by atoms with Gasteiger partial charge in [0.15, 0.2) is 0 Å². The largest absolute Gasteiger partial charge is 0.497 e. The van der Waals surface area contributed by atoms with Gasteiger partial charge in [0.05, 0.1) is 19.9 Å². The number of nitrogens with zero attached hydrogens (tertiary/aromatic N) is 3. The predicted molar refractivity (Wildman–Crippen MR) is 115 cm³/mol. The quantitative estimate of drug-likeness (QED) is 0.691. The van der Waals surface area contributed by atoms with Crippen molar-refractivity contribution in [3.05, 3.63) is 54.1 Å². The molecule has 0 aliphatic carbocycles. The highest BCUT2D eigenvalue weighted by atomic mass is 16.5. The molecule has 4 amide bonds. The van der Waals surface area contributed by atoms with E-state index in [0.29, 0.717) is 48.7 Å². The van der Waals surface area contributed by atoms with Crippen molar-refractivity contribution >= 4 is 23.5 Å². The van der Waals surface area contributed by atoms with E-state index in [1.54, 1.807) is 66.5 Å². The van der Waals surface area contributed by atoms with E-state index in [4.69, 9.17) is 9.47 Å². The number of anilines is 1. The summed E-state index contributed by atoms with van der Waals surface area (Å²) in [5.41, 5.74) is 1.08. The number of amides is 4.